The van der Waals surface area contributed by atoms with E-state index in [0.717, 1.165) is 55.0 Å². The normalized spacial score (nSPS) is 16.6. The van der Waals surface area contributed by atoms with Crippen LogP contribution in [0, 0.1) is 6.92 Å². The maximum absolute atomic E-state index is 5.58. The summed E-state index contributed by atoms with van der Waals surface area (Å²) >= 11 is 5.58. The van der Waals surface area contributed by atoms with Gasteiger partial charge in [-0.2, -0.15) is 0 Å². The molecule has 0 bridgehead atoms. The number of ether oxygens (including phenoxy) is 2. The van der Waals surface area contributed by atoms with Gasteiger partial charge in [0.25, 0.3) is 0 Å². The Bertz CT molecular complexity index is 786. The summed E-state index contributed by atoms with van der Waals surface area (Å²) in [6.45, 7) is 7.17. The fourth-order valence-corrected chi connectivity index (χ4v) is 3.55. The predicted molar refractivity (Wildman–Crippen MR) is 107 cm³/mol. The molecular formula is C20H23N3O2S. The van der Waals surface area contributed by atoms with Gasteiger partial charge in [0.2, 0.25) is 6.79 Å². The summed E-state index contributed by atoms with van der Waals surface area (Å²) in [6.07, 6.45) is 0. The van der Waals surface area contributed by atoms with Gasteiger partial charge in [-0.15, -0.1) is 0 Å². The molecule has 0 spiro atoms. The summed E-state index contributed by atoms with van der Waals surface area (Å²) in [6, 6.07) is 14.5. The highest BCUT2D eigenvalue weighted by molar-refractivity contribution is 7.80. The third-order valence-corrected chi connectivity index (χ3v) is 5.17. The van der Waals surface area contributed by atoms with E-state index in [2.05, 4.69) is 58.4 Å². The van der Waals surface area contributed by atoms with E-state index < -0.39 is 0 Å². The summed E-state index contributed by atoms with van der Waals surface area (Å²) in [7, 11) is 0. The lowest BCUT2D eigenvalue weighted by molar-refractivity contribution is 0.173. The van der Waals surface area contributed by atoms with Crippen molar-refractivity contribution in [1.82, 2.24) is 9.80 Å². The Labute approximate surface area is 159 Å². The molecular weight excluding hydrogens is 346 g/mol. The van der Waals surface area contributed by atoms with Crippen LogP contribution in [0.1, 0.15) is 11.1 Å². The van der Waals surface area contributed by atoms with Crippen LogP contribution in [0.5, 0.6) is 11.5 Å². The lowest BCUT2D eigenvalue weighted by atomic mass is 10.1. The third-order valence-electron chi connectivity index (χ3n) is 4.81. The van der Waals surface area contributed by atoms with Gasteiger partial charge in [-0.05, 0) is 49.0 Å². The first-order valence-electron chi connectivity index (χ1n) is 8.91. The van der Waals surface area contributed by atoms with Crippen molar-refractivity contribution in [3.05, 3.63) is 53.6 Å². The van der Waals surface area contributed by atoms with Crippen molar-refractivity contribution in [3.63, 3.8) is 0 Å². The molecule has 5 nitrogen and oxygen atoms in total. The number of benzene rings is 2. The summed E-state index contributed by atoms with van der Waals surface area (Å²) in [5.41, 5.74) is 3.55. The minimum atomic E-state index is 0.322. The summed E-state index contributed by atoms with van der Waals surface area (Å²) in [5, 5.41) is 4.14. The first kappa shape index (κ1) is 17.1. The highest BCUT2D eigenvalue weighted by Crippen LogP contribution is 2.32. The number of anilines is 1. The van der Waals surface area contributed by atoms with Crippen LogP contribution in [0.3, 0.4) is 0 Å². The molecule has 26 heavy (non-hydrogen) atoms. The number of piperazine rings is 1. The minimum absolute atomic E-state index is 0.322. The van der Waals surface area contributed by atoms with Crippen LogP contribution < -0.4 is 14.8 Å². The number of rotatable bonds is 3. The Morgan fingerprint density at radius 1 is 1.00 bits per heavy atom. The van der Waals surface area contributed by atoms with E-state index >= 15 is 0 Å². The van der Waals surface area contributed by atoms with Gasteiger partial charge in [0, 0.05) is 38.4 Å². The van der Waals surface area contributed by atoms with E-state index in [4.69, 9.17) is 21.7 Å². The van der Waals surface area contributed by atoms with Crippen LogP contribution >= 0.6 is 12.2 Å². The number of fused-ring (bicyclic) bond motifs is 1. The van der Waals surface area contributed by atoms with Crippen molar-refractivity contribution in [2.75, 3.05) is 38.3 Å². The number of thiocarbonyl (C=S) groups is 1. The molecule has 2 heterocycles. The molecule has 2 aliphatic heterocycles. The number of hydrogen-bond acceptors (Lipinski definition) is 4. The fraction of sp³-hybridized carbons (Fsp3) is 0.350. The highest BCUT2D eigenvalue weighted by Gasteiger charge is 2.20. The maximum Gasteiger partial charge on any atom is 0.231 e. The average molecular weight is 369 g/mol. The Hall–Kier alpha value is -2.31. The van der Waals surface area contributed by atoms with Crippen LogP contribution in [-0.2, 0) is 6.54 Å². The maximum atomic E-state index is 5.58. The molecule has 2 aliphatic rings. The van der Waals surface area contributed by atoms with Gasteiger partial charge in [0.15, 0.2) is 16.6 Å². The molecule has 0 unspecified atom stereocenters. The zero-order chi connectivity index (χ0) is 17.9. The molecule has 0 aromatic heterocycles. The molecule has 0 saturated carbocycles. The van der Waals surface area contributed by atoms with Gasteiger partial charge in [-0.1, -0.05) is 23.8 Å². The molecule has 4 rings (SSSR count). The van der Waals surface area contributed by atoms with Gasteiger partial charge >= 0.3 is 0 Å². The van der Waals surface area contributed by atoms with E-state index in [1.165, 1.54) is 11.1 Å². The Balaban J connectivity index is 1.28. The zero-order valence-electron chi connectivity index (χ0n) is 14.9. The lowest BCUT2D eigenvalue weighted by Crippen LogP contribution is -2.49. The highest BCUT2D eigenvalue weighted by atomic mass is 32.1. The molecule has 0 radical (unpaired) electrons. The minimum Gasteiger partial charge on any atom is -0.454 e. The third kappa shape index (κ3) is 3.92. The number of nitrogens with one attached hydrogen (secondary N) is 1. The van der Waals surface area contributed by atoms with Crippen molar-refractivity contribution in [2.45, 2.75) is 13.5 Å². The van der Waals surface area contributed by atoms with Crippen LogP contribution in [0.25, 0.3) is 0 Å². The van der Waals surface area contributed by atoms with E-state index in [1.54, 1.807) is 0 Å². The summed E-state index contributed by atoms with van der Waals surface area (Å²) in [5.74, 6) is 1.69. The molecule has 0 amide bonds. The zero-order valence-corrected chi connectivity index (χ0v) is 15.7. The van der Waals surface area contributed by atoms with Crippen LogP contribution in [-0.4, -0.2) is 47.9 Å². The molecule has 1 N–H and O–H groups in total. The Kier molecular flexibility index (Phi) is 4.95. The van der Waals surface area contributed by atoms with Crippen molar-refractivity contribution in [2.24, 2.45) is 0 Å². The monoisotopic (exact) mass is 369 g/mol. The van der Waals surface area contributed by atoms with Crippen LogP contribution in [0.2, 0.25) is 0 Å². The second kappa shape index (κ2) is 7.51. The molecule has 0 atom stereocenters. The SMILES string of the molecule is Cc1ccc(NC(=S)N2CCN(Cc3ccc4c(c3)OCO4)CC2)cc1. The molecule has 0 aliphatic carbocycles. The summed E-state index contributed by atoms with van der Waals surface area (Å²) in [4.78, 5) is 4.69. The quantitative estimate of drug-likeness (QED) is 0.837. The summed E-state index contributed by atoms with van der Waals surface area (Å²) < 4.78 is 10.8. The van der Waals surface area contributed by atoms with Crippen molar-refractivity contribution in [3.8, 4) is 11.5 Å². The van der Waals surface area contributed by atoms with Crippen LogP contribution in [0.15, 0.2) is 42.5 Å². The number of nitrogens with zero attached hydrogens (tertiary/aromatic N) is 2. The van der Waals surface area contributed by atoms with E-state index in [9.17, 15) is 0 Å². The van der Waals surface area contributed by atoms with Crippen LogP contribution in [0.4, 0.5) is 5.69 Å². The van der Waals surface area contributed by atoms with Gasteiger partial charge in [-0.25, -0.2) is 0 Å². The Morgan fingerprint density at radius 2 is 1.73 bits per heavy atom. The molecule has 136 valence electrons. The first-order valence-corrected chi connectivity index (χ1v) is 9.32. The first-order chi connectivity index (χ1) is 12.7. The average Bonchev–Trinajstić information content (AvgIpc) is 3.12. The van der Waals surface area contributed by atoms with Gasteiger partial charge < -0.3 is 19.7 Å². The number of hydrogen-bond donors (Lipinski definition) is 1. The predicted octanol–water partition coefficient (Wildman–Crippen LogP) is 3.24. The van der Waals surface area contributed by atoms with Gasteiger partial charge in [0.05, 0.1) is 0 Å². The van der Waals surface area contributed by atoms with E-state index in [-0.39, 0.29) is 0 Å². The standard InChI is InChI=1S/C20H23N3O2S/c1-15-2-5-17(6-3-15)21-20(26)23-10-8-22(9-11-23)13-16-4-7-18-19(12-16)25-14-24-18/h2-7,12H,8-11,13-14H2,1H3,(H,21,26). The van der Waals surface area contributed by atoms with E-state index in [1.807, 2.05) is 6.07 Å². The Morgan fingerprint density at radius 3 is 2.50 bits per heavy atom. The number of aryl methyl sites for hydroxylation is 1. The molecule has 1 saturated heterocycles. The molecule has 2 aromatic carbocycles. The smallest absolute Gasteiger partial charge is 0.231 e. The van der Waals surface area contributed by atoms with Crippen molar-refractivity contribution in [1.29, 1.82) is 0 Å². The lowest BCUT2D eigenvalue weighted by Gasteiger charge is -2.36. The topological polar surface area (TPSA) is 37.0 Å². The molecule has 1 fully saturated rings. The van der Waals surface area contributed by atoms with Gasteiger partial charge in [0.1, 0.15) is 0 Å². The fourth-order valence-electron chi connectivity index (χ4n) is 3.25. The molecule has 6 heteroatoms. The second-order valence-corrected chi connectivity index (χ2v) is 7.13. The van der Waals surface area contributed by atoms with Crippen molar-refractivity contribution >= 4 is 23.0 Å². The second-order valence-electron chi connectivity index (χ2n) is 6.75. The van der Waals surface area contributed by atoms with E-state index in [0.29, 0.717) is 6.79 Å². The molecule has 2 aromatic rings. The largest absolute Gasteiger partial charge is 0.454 e. The van der Waals surface area contributed by atoms with Gasteiger partial charge in [-0.3, -0.25) is 4.90 Å². The van der Waals surface area contributed by atoms with Crippen molar-refractivity contribution < 1.29 is 9.47 Å².